The van der Waals surface area contributed by atoms with E-state index in [-0.39, 0.29) is 0 Å². The summed E-state index contributed by atoms with van der Waals surface area (Å²) in [5.74, 6) is 0. The summed E-state index contributed by atoms with van der Waals surface area (Å²) in [5, 5.41) is 5.41. The van der Waals surface area contributed by atoms with E-state index in [9.17, 15) is 0 Å². The van der Waals surface area contributed by atoms with Crippen molar-refractivity contribution < 1.29 is 0 Å². The SMILES string of the molecule is CC1SC=CN1SSN1C=CSC1C. The van der Waals surface area contributed by atoms with Crippen LogP contribution in [0, 0.1) is 0 Å². The van der Waals surface area contributed by atoms with Gasteiger partial charge in [-0.05, 0) is 24.7 Å². The normalized spacial score (nSPS) is 30.7. The minimum atomic E-state index is 0.557. The molecule has 0 amide bonds. The van der Waals surface area contributed by atoms with Crippen LogP contribution >= 0.6 is 45.5 Å². The van der Waals surface area contributed by atoms with E-state index in [0.717, 1.165) is 0 Å². The van der Waals surface area contributed by atoms with Gasteiger partial charge in [-0.25, -0.2) is 0 Å². The van der Waals surface area contributed by atoms with Crippen LogP contribution in [-0.4, -0.2) is 19.4 Å². The average molecular weight is 264 g/mol. The molecule has 2 heterocycles. The first-order chi connectivity index (χ1) is 6.77. The third kappa shape index (κ3) is 2.53. The Morgan fingerprint density at radius 3 is 1.64 bits per heavy atom. The summed E-state index contributed by atoms with van der Waals surface area (Å²) in [6, 6.07) is 0. The molecule has 0 fully saturated rings. The molecular formula is C8H12N2S4. The largest absolute Gasteiger partial charge is 0.299 e. The molecule has 0 aromatic heterocycles. The summed E-state index contributed by atoms with van der Waals surface area (Å²) in [4.78, 5) is 0. The zero-order chi connectivity index (χ0) is 9.97. The van der Waals surface area contributed by atoms with E-state index < -0.39 is 0 Å². The zero-order valence-electron chi connectivity index (χ0n) is 7.99. The molecule has 2 rings (SSSR count). The van der Waals surface area contributed by atoms with Crippen molar-refractivity contribution in [2.75, 3.05) is 0 Å². The first-order valence-corrected chi connectivity index (χ1v) is 8.28. The van der Waals surface area contributed by atoms with Crippen LogP contribution in [0.15, 0.2) is 23.2 Å². The van der Waals surface area contributed by atoms with Gasteiger partial charge in [0.15, 0.2) is 0 Å². The number of hydrogen-bond acceptors (Lipinski definition) is 6. The molecule has 14 heavy (non-hydrogen) atoms. The van der Waals surface area contributed by atoms with Gasteiger partial charge < -0.3 is 0 Å². The van der Waals surface area contributed by atoms with Crippen molar-refractivity contribution in [1.29, 1.82) is 0 Å². The molecule has 0 N–H and O–H groups in total. The van der Waals surface area contributed by atoms with Crippen LogP contribution in [0.25, 0.3) is 0 Å². The molecule has 0 aliphatic carbocycles. The lowest BCUT2D eigenvalue weighted by molar-refractivity contribution is 0.622. The van der Waals surface area contributed by atoms with Crippen LogP contribution in [0.3, 0.4) is 0 Å². The Bertz CT molecular complexity index is 230. The van der Waals surface area contributed by atoms with Crippen molar-refractivity contribution in [2.45, 2.75) is 24.6 Å². The number of nitrogens with zero attached hydrogens (tertiary/aromatic N) is 2. The first kappa shape index (κ1) is 11.0. The van der Waals surface area contributed by atoms with Crippen LogP contribution in [-0.2, 0) is 0 Å². The summed E-state index contributed by atoms with van der Waals surface area (Å²) in [7, 11) is 3.59. The highest BCUT2D eigenvalue weighted by Crippen LogP contribution is 2.42. The fraction of sp³-hybridized carbons (Fsp3) is 0.500. The van der Waals surface area contributed by atoms with E-state index in [0.29, 0.717) is 10.7 Å². The molecule has 2 nitrogen and oxygen atoms in total. The van der Waals surface area contributed by atoms with E-state index in [2.05, 4.69) is 45.7 Å². The van der Waals surface area contributed by atoms with Crippen LogP contribution < -0.4 is 0 Å². The maximum absolute atomic E-state index is 2.28. The fourth-order valence-corrected chi connectivity index (χ4v) is 5.46. The molecule has 2 aliphatic rings. The van der Waals surface area contributed by atoms with Gasteiger partial charge in [0, 0.05) is 34.4 Å². The lowest BCUT2D eigenvalue weighted by Crippen LogP contribution is -2.16. The monoisotopic (exact) mass is 264 g/mol. The molecule has 2 atom stereocenters. The van der Waals surface area contributed by atoms with Crippen LogP contribution in [0.1, 0.15) is 13.8 Å². The van der Waals surface area contributed by atoms with Crippen LogP contribution in [0.4, 0.5) is 0 Å². The second kappa shape index (κ2) is 5.01. The minimum Gasteiger partial charge on any atom is -0.299 e. The summed E-state index contributed by atoms with van der Waals surface area (Å²) in [5.41, 5.74) is 0. The third-order valence-electron chi connectivity index (χ3n) is 1.89. The molecule has 6 heteroatoms. The lowest BCUT2D eigenvalue weighted by atomic mass is 10.7. The molecule has 0 aromatic rings. The molecule has 78 valence electrons. The molecular weight excluding hydrogens is 252 g/mol. The van der Waals surface area contributed by atoms with Crippen LogP contribution in [0.2, 0.25) is 0 Å². The van der Waals surface area contributed by atoms with Crippen molar-refractivity contribution in [2.24, 2.45) is 0 Å². The summed E-state index contributed by atoms with van der Waals surface area (Å²) in [6.45, 7) is 4.44. The second-order valence-electron chi connectivity index (χ2n) is 2.91. The predicted molar refractivity (Wildman–Crippen MR) is 71.2 cm³/mol. The van der Waals surface area contributed by atoms with Gasteiger partial charge in [-0.15, -0.1) is 23.5 Å². The molecule has 0 spiro atoms. The molecule has 2 aliphatic heterocycles. The lowest BCUT2D eigenvalue weighted by Gasteiger charge is -2.24. The van der Waals surface area contributed by atoms with Crippen molar-refractivity contribution >= 4 is 45.5 Å². The number of thioether (sulfide) groups is 2. The molecule has 0 aromatic carbocycles. The van der Waals surface area contributed by atoms with Crippen molar-refractivity contribution in [1.82, 2.24) is 8.61 Å². The summed E-state index contributed by atoms with van der Waals surface area (Å²) in [6.07, 6.45) is 4.29. The topological polar surface area (TPSA) is 6.48 Å². The number of rotatable bonds is 3. The van der Waals surface area contributed by atoms with Crippen molar-refractivity contribution in [3.63, 3.8) is 0 Å². The molecule has 0 saturated heterocycles. The van der Waals surface area contributed by atoms with Gasteiger partial charge in [-0.2, -0.15) is 0 Å². The summed E-state index contributed by atoms with van der Waals surface area (Å²) >= 11 is 3.72. The van der Waals surface area contributed by atoms with Gasteiger partial charge in [-0.3, -0.25) is 8.61 Å². The average Bonchev–Trinajstić information content (AvgIpc) is 2.72. The quantitative estimate of drug-likeness (QED) is 0.559. The predicted octanol–water partition coefficient (Wildman–Crippen LogP) is 3.93. The van der Waals surface area contributed by atoms with Gasteiger partial charge in [0.25, 0.3) is 0 Å². The molecule has 0 saturated carbocycles. The Labute approximate surface area is 102 Å². The standard InChI is InChI=1S/C8H12N2S4/c1-7-9(3-5-11-7)13-14-10-4-6-12-8(10)2/h3-8H,1-2H3. The first-order valence-electron chi connectivity index (χ1n) is 4.33. The highest BCUT2D eigenvalue weighted by atomic mass is 33.1. The van der Waals surface area contributed by atoms with Crippen molar-refractivity contribution in [3.8, 4) is 0 Å². The maximum atomic E-state index is 2.28. The van der Waals surface area contributed by atoms with Crippen LogP contribution in [0.5, 0.6) is 0 Å². The molecule has 0 radical (unpaired) electrons. The molecule has 0 bridgehead atoms. The highest BCUT2D eigenvalue weighted by Gasteiger charge is 2.20. The van der Waals surface area contributed by atoms with Crippen molar-refractivity contribution in [3.05, 3.63) is 23.2 Å². The van der Waals surface area contributed by atoms with Gasteiger partial charge in [0.05, 0.1) is 10.7 Å². The van der Waals surface area contributed by atoms with Gasteiger partial charge in [-0.1, -0.05) is 0 Å². The Hall–Kier alpha value is 0.480. The highest BCUT2D eigenvalue weighted by molar-refractivity contribution is 8.75. The molecule has 2 unspecified atom stereocenters. The van der Waals surface area contributed by atoms with E-state index in [1.165, 1.54) is 0 Å². The van der Waals surface area contributed by atoms with Gasteiger partial charge in [0.1, 0.15) is 0 Å². The Morgan fingerprint density at radius 1 is 0.929 bits per heavy atom. The smallest absolute Gasteiger partial charge is 0.0873 e. The van der Waals surface area contributed by atoms with E-state index in [4.69, 9.17) is 0 Å². The maximum Gasteiger partial charge on any atom is 0.0873 e. The Kier molecular flexibility index (Phi) is 3.93. The van der Waals surface area contributed by atoms with E-state index >= 15 is 0 Å². The number of hydrogen-bond donors (Lipinski definition) is 0. The second-order valence-corrected chi connectivity index (χ2v) is 7.40. The fourth-order valence-electron chi connectivity index (χ4n) is 1.03. The minimum absolute atomic E-state index is 0.557. The van der Waals surface area contributed by atoms with E-state index in [1.54, 1.807) is 22.0 Å². The third-order valence-corrected chi connectivity index (χ3v) is 6.48. The Balaban J connectivity index is 1.76. The van der Waals surface area contributed by atoms with Gasteiger partial charge in [0.2, 0.25) is 0 Å². The Morgan fingerprint density at radius 2 is 1.36 bits per heavy atom. The zero-order valence-corrected chi connectivity index (χ0v) is 11.3. The summed E-state index contributed by atoms with van der Waals surface area (Å²) < 4.78 is 4.55. The van der Waals surface area contributed by atoms with Gasteiger partial charge >= 0.3 is 0 Å². The van der Waals surface area contributed by atoms with E-state index in [1.807, 2.05) is 23.5 Å².